The third-order valence-electron chi connectivity index (χ3n) is 3.86. The van der Waals surface area contributed by atoms with E-state index in [1.54, 1.807) is 0 Å². The van der Waals surface area contributed by atoms with Crippen LogP contribution in [0.25, 0.3) is 0 Å². The van der Waals surface area contributed by atoms with Gasteiger partial charge in [-0.25, -0.2) is 0 Å². The van der Waals surface area contributed by atoms with Crippen molar-refractivity contribution in [2.75, 3.05) is 0 Å². The van der Waals surface area contributed by atoms with Gasteiger partial charge in [-0.15, -0.1) is 0 Å². The number of carboxylic acid groups (broad SMARTS) is 1. The van der Waals surface area contributed by atoms with Gasteiger partial charge in [-0.3, -0.25) is 4.79 Å². The fraction of sp³-hybridized carbons (Fsp3) is 0.550. The SMILES string of the molecule is CCCCCCCCCC#Cc1ccc(C[C@H](N)C(=O)O)cc1. The molecule has 0 amide bonds. The van der Waals surface area contributed by atoms with Crippen molar-refractivity contribution in [3.05, 3.63) is 35.4 Å². The molecule has 0 saturated carbocycles. The maximum absolute atomic E-state index is 10.7. The minimum absolute atomic E-state index is 0.348. The van der Waals surface area contributed by atoms with Crippen LogP contribution in [0.2, 0.25) is 0 Å². The molecule has 1 rings (SSSR count). The molecule has 1 atom stereocenters. The molecule has 0 aliphatic heterocycles. The van der Waals surface area contributed by atoms with Gasteiger partial charge in [0, 0.05) is 12.0 Å². The van der Waals surface area contributed by atoms with Gasteiger partial charge in [-0.1, -0.05) is 69.4 Å². The number of hydrogen-bond acceptors (Lipinski definition) is 2. The summed E-state index contributed by atoms with van der Waals surface area (Å²) in [5.41, 5.74) is 7.43. The lowest BCUT2D eigenvalue weighted by Crippen LogP contribution is -2.32. The van der Waals surface area contributed by atoms with Crippen LogP contribution in [-0.4, -0.2) is 17.1 Å². The van der Waals surface area contributed by atoms with Crippen molar-refractivity contribution in [1.82, 2.24) is 0 Å². The summed E-state index contributed by atoms with van der Waals surface area (Å²) in [7, 11) is 0. The van der Waals surface area contributed by atoms with Crippen LogP contribution in [0.4, 0.5) is 0 Å². The highest BCUT2D eigenvalue weighted by molar-refractivity contribution is 5.73. The van der Waals surface area contributed by atoms with Crippen LogP contribution in [0.3, 0.4) is 0 Å². The number of carbonyl (C=O) groups is 1. The zero-order valence-electron chi connectivity index (χ0n) is 14.2. The van der Waals surface area contributed by atoms with Crippen LogP contribution in [-0.2, 0) is 11.2 Å². The topological polar surface area (TPSA) is 63.3 Å². The van der Waals surface area contributed by atoms with Crippen LogP contribution >= 0.6 is 0 Å². The molecule has 126 valence electrons. The molecule has 23 heavy (non-hydrogen) atoms. The van der Waals surface area contributed by atoms with E-state index in [0.29, 0.717) is 6.42 Å². The number of aliphatic carboxylic acids is 1. The fourth-order valence-corrected chi connectivity index (χ4v) is 2.40. The summed E-state index contributed by atoms with van der Waals surface area (Å²) in [4.78, 5) is 10.7. The first-order chi connectivity index (χ1) is 11.1. The van der Waals surface area contributed by atoms with Gasteiger partial charge in [0.2, 0.25) is 0 Å². The van der Waals surface area contributed by atoms with Crippen molar-refractivity contribution in [1.29, 1.82) is 0 Å². The number of hydrogen-bond donors (Lipinski definition) is 2. The van der Waals surface area contributed by atoms with Crippen molar-refractivity contribution in [2.45, 2.75) is 70.8 Å². The lowest BCUT2D eigenvalue weighted by molar-refractivity contribution is -0.138. The van der Waals surface area contributed by atoms with Crippen molar-refractivity contribution >= 4 is 5.97 Å². The average molecular weight is 315 g/mol. The smallest absolute Gasteiger partial charge is 0.320 e. The van der Waals surface area contributed by atoms with Gasteiger partial charge in [0.1, 0.15) is 6.04 Å². The molecule has 0 aromatic heterocycles. The van der Waals surface area contributed by atoms with Crippen molar-refractivity contribution in [3.8, 4) is 11.8 Å². The predicted molar refractivity (Wildman–Crippen MR) is 95.2 cm³/mol. The Balaban J connectivity index is 2.24. The molecule has 0 radical (unpaired) electrons. The van der Waals surface area contributed by atoms with E-state index in [2.05, 4.69) is 18.8 Å². The molecule has 0 heterocycles. The van der Waals surface area contributed by atoms with Gasteiger partial charge in [0.05, 0.1) is 0 Å². The highest BCUT2D eigenvalue weighted by atomic mass is 16.4. The van der Waals surface area contributed by atoms with Gasteiger partial charge in [0.25, 0.3) is 0 Å². The molecule has 1 aromatic rings. The van der Waals surface area contributed by atoms with E-state index in [-0.39, 0.29) is 0 Å². The third-order valence-corrected chi connectivity index (χ3v) is 3.86. The molecule has 0 bridgehead atoms. The lowest BCUT2D eigenvalue weighted by Gasteiger charge is -2.05. The van der Waals surface area contributed by atoms with Gasteiger partial charge in [-0.2, -0.15) is 0 Å². The molecule has 0 aliphatic rings. The molecule has 3 heteroatoms. The first kappa shape index (κ1) is 19.3. The molecule has 0 spiro atoms. The minimum Gasteiger partial charge on any atom is -0.480 e. The molecule has 3 N–H and O–H groups in total. The van der Waals surface area contributed by atoms with E-state index in [0.717, 1.165) is 17.5 Å². The molecular weight excluding hydrogens is 286 g/mol. The summed E-state index contributed by atoms with van der Waals surface area (Å²) in [6.07, 6.45) is 10.4. The van der Waals surface area contributed by atoms with Gasteiger partial charge in [-0.05, 0) is 30.5 Å². The highest BCUT2D eigenvalue weighted by Gasteiger charge is 2.11. The average Bonchev–Trinajstić information content (AvgIpc) is 2.54. The Morgan fingerprint density at radius 1 is 1.09 bits per heavy atom. The third kappa shape index (κ3) is 9.05. The van der Waals surface area contributed by atoms with Gasteiger partial charge >= 0.3 is 5.97 Å². The molecule has 0 aliphatic carbocycles. The number of benzene rings is 1. The number of nitrogens with two attached hydrogens (primary N) is 1. The predicted octanol–water partition coefficient (Wildman–Crippen LogP) is 4.13. The summed E-state index contributed by atoms with van der Waals surface area (Å²) >= 11 is 0. The number of rotatable bonds is 10. The summed E-state index contributed by atoms with van der Waals surface area (Å²) in [5.74, 6) is 5.41. The second-order valence-corrected chi connectivity index (χ2v) is 6.02. The maximum atomic E-state index is 10.7. The first-order valence-corrected chi connectivity index (χ1v) is 8.69. The van der Waals surface area contributed by atoms with E-state index in [9.17, 15) is 4.79 Å². The quantitative estimate of drug-likeness (QED) is 0.504. The van der Waals surface area contributed by atoms with Gasteiger partial charge < -0.3 is 10.8 Å². The van der Waals surface area contributed by atoms with Crippen LogP contribution in [0, 0.1) is 11.8 Å². The Morgan fingerprint density at radius 2 is 1.70 bits per heavy atom. The molecule has 1 aromatic carbocycles. The van der Waals surface area contributed by atoms with E-state index >= 15 is 0 Å². The lowest BCUT2D eigenvalue weighted by atomic mass is 10.0. The minimum atomic E-state index is -0.969. The Kier molecular flexibility index (Phi) is 9.83. The highest BCUT2D eigenvalue weighted by Crippen LogP contribution is 2.09. The second kappa shape index (κ2) is 11.7. The summed E-state index contributed by atoms with van der Waals surface area (Å²) in [6, 6.07) is 6.83. The van der Waals surface area contributed by atoms with Crippen LogP contribution in [0.5, 0.6) is 0 Å². The zero-order chi connectivity index (χ0) is 16.9. The Morgan fingerprint density at radius 3 is 2.30 bits per heavy atom. The van der Waals surface area contributed by atoms with E-state index in [1.165, 1.54) is 44.9 Å². The maximum Gasteiger partial charge on any atom is 0.320 e. The first-order valence-electron chi connectivity index (χ1n) is 8.69. The van der Waals surface area contributed by atoms with Crippen molar-refractivity contribution in [3.63, 3.8) is 0 Å². The zero-order valence-corrected chi connectivity index (χ0v) is 14.2. The second-order valence-electron chi connectivity index (χ2n) is 6.02. The number of carboxylic acids is 1. The van der Waals surface area contributed by atoms with Crippen LogP contribution in [0.15, 0.2) is 24.3 Å². The largest absolute Gasteiger partial charge is 0.480 e. The Labute approximate surface area is 140 Å². The molecule has 0 saturated heterocycles. The van der Waals surface area contributed by atoms with Crippen LogP contribution < -0.4 is 5.73 Å². The van der Waals surface area contributed by atoms with Gasteiger partial charge in [0.15, 0.2) is 0 Å². The van der Waals surface area contributed by atoms with Crippen LogP contribution in [0.1, 0.15) is 69.4 Å². The van der Waals surface area contributed by atoms with Crippen molar-refractivity contribution in [2.24, 2.45) is 5.73 Å². The van der Waals surface area contributed by atoms with E-state index in [4.69, 9.17) is 10.8 Å². The Bertz CT molecular complexity index is 511. The monoisotopic (exact) mass is 315 g/mol. The molecule has 0 fully saturated rings. The fourth-order valence-electron chi connectivity index (χ4n) is 2.40. The summed E-state index contributed by atoms with van der Waals surface area (Å²) in [6.45, 7) is 2.24. The molecule has 0 unspecified atom stereocenters. The number of unbranched alkanes of at least 4 members (excludes halogenated alkanes) is 7. The van der Waals surface area contributed by atoms with E-state index < -0.39 is 12.0 Å². The van der Waals surface area contributed by atoms with Crippen molar-refractivity contribution < 1.29 is 9.90 Å². The van der Waals surface area contributed by atoms with E-state index in [1.807, 2.05) is 24.3 Å². The summed E-state index contributed by atoms with van der Waals surface area (Å²) < 4.78 is 0. The Hall–Kier alpha value is -1.79. The summed E-state index contributed by atoms with van der Waals surface area (Å²) in [5, 5.41) is 8.80. The molecular formula is C20H29NO2. The molecule has 3 nitrogen and oxygen atoms in total. The standard InChI is InChI=1S/C20H29NO2/c1-2-3-4-5-6-7-8-9-10-11-17-12-14-18(15-13-17)16-19(21)20(22)23/h12-15,19H,2-9,16,21H2,1H3,(H,22,23)/t19-/m0/s1. The normalized spacial score (nSPS) is 11.6.